The molecule has 5 heteroatoms. The molecule has 1 saturated heterocycles. The molecule has 0 radical (unpaired) electrons. The number of hydrogen-bond donors (Lipinski definition) is 0. The predicted molar refractivity (Wildman–Crippen MR) is 103 cm³/mol. The van der Waals surface area contributed by atoms with Crippen LogP contribution in [0.1, 0.15) is 58.1 Å². The van der Waals surface area contributed by atoms with Crippen LogP contribution in [0.3, 0.4) is 0 Å². The van der Waals surface area contributed by atoms with Crippen molar-refractivity contribution < 1.29 is 14.3 Å². The highest BCUT2D eigenvalue weighted by atomic mass is 16.6. The van der Waals surface area contributed by atoms with Crippen LogP contribution in [-0.2, 0) is 16.1 Å². The molecule has 1 aromatic carbocycles. The number of hydrogen-bond acceptors (Lipinski definition) is 3. The maximum atomic E-state index is 13.2. The average molecular weight is 360 g/mol. The molecule has 1 atom stereocenters. The van der Waals surface area contributed by atoms with Crippen LogP contribution in [0, 0.1) is 6.92 Å². The monoisotopic (exact) mass is 360 g/mol. The highest BCUT2D eigenvalue weighted by molar-refractivity contribution is 5.86. The molecule has 0 spiro atoms. The van der Waals surface area contributed by atoms with Gasteiger partial charge in [-0.25, -0.2) is 4.79 Å². The third-order valence-electron chi connectivity index (χ3n) is 4.73. The molecule has 1 unspecified atom stereocenters. The van der Waals surface area contributed by atoms with Crippen LogP contribution in [0.5, 0.6) is 0 Å². The van der Waals surface area contributed by atoms with Gasteiger partial charge in [-0.1, -0.05) is 24.3 Å². The van der Waals surface area contributed by atoms with Gasteiger partial charge in [0, 0.05) is 19.6 Å². The van der Waals surface area contributed by atoms with Crippen LogP contribution in [-0.4, -0.2) is 46.5 Å². The molecule has 1 heterocycles. The van der Waals surface area contributed by atoms with Crippen LogP contribution < -0.4 is 0 Å². The minimum absolute atomic E-state index is 0.0151. The fraction of sp³-hybridized carbons (Fsp3) is 0.619. The molecular weight excluding hydrogens is 328 g/mol. The van der Waals surface area contributed by atoms with Gasteiger partial charge in [0.2, 0.25) is 5.91 Å². The first-order chi connectivity index (χ1) is 12.2. The summed E-state index contributed by atoms with van der Waals surface area (Å²) in [4.78, 5) is 29.3. The summed E-state index contributed by atoms with van der Waals surface area (Å²) in [6.07, 6.45) is 2.18. The topological polar surface area (TPSA) is 49.9 Å². The predicted octanol–water partition coefficient (Wildman–Crippen LogP) is 4.13. The molecular formula is C21H32N2O3. The summed E-state index contributed by atoms with van der Waals surface area (Å²) in [6.45, 7) is 11.4. The minimum atomic E-state index is -0.562. The minimum Gasteiger partial charge on any atom is -0.444 e. The average Bonchev–Trinajstić information content (AvgIpc) is 2.59. The van der Waals surface area contributed by atoms with Gasteiger partial charge in [-0.3, -0.25) is 9.69 Å². The van der Waals surface area contributed by atoms with Crippen molar-refractivity contribution in [1.82, 2.24) is 9.80 Å². The van der Waals surface area contributed by atoms with Crippen LogP contribution in [0.25, 0.3) is 0 Å². The van der Waals surface area contributed by atoms with Gasteiger partial charge in [0.15, 0.2) is 0 Å². The summed E-state index contributed by atoms with van der Waals surface area (Å²) >= 11 is 0. The zero-order valence-electron chi connectivity index (χ0n) is 16.7. The highest BCUT2D eigenvalue weighted by Crippen LogP contribution is 2.23. The lowest BCUT2D eigenvalue weighted by atomic mass is 10.0. The van der Waals surface area contributed by atoms with Crippen molar-refractivity contribution in [2.24, 2.45) is 0 Å². The van der Waals surface area contributed by atoms with Gasteiger partial charge in [0.1, 0.15) is 11.6 Å². The third kappa shape index (κ3) is 5.23. The Bertz CT molecular complexity index is 636. The van der Waals surface area contributed by atoms with E-state index in [1.807, 2.05) is 44.7 Å². The molecule has 2 rings (SSSR count). The highest BCUT2D eigenvalue weighted by Gasteiger charge is 2.36. The Kier molecular flexibility index (Phi) is 6.68. The fourth-order valence-electron chi connectivity index (χ4n) is 3.28. The van der Waals surface area contributed by atoms with E-state index in [1.165, 1.54) is 5.56 Å². The summed E-state index contributed by atoms with van der Waals surface area (Å²) < 4.78 is 5.52. The van der Waals surface area contributed by atoms with E-state index in [9.17, 15) is 9.59 Å². The van der Waals surface area contributed by atoms with Gasteiger partial charge < -0.3 is 9.64 Å². The second-order valence-electron chi connectivity index (χ2n) is 7.96. The number of aryl methyl sites for hydroxylation is 1. The normalized spacial score (nSPS) is 17.7. The molecule has 144 valence electrons. The number of likely N-dealkylation sites (N-methyl/N-ethyl adjacent to an activating group) is 1. The Morgan fingerprint density at radius 1 is 1.23 bits per heavy atom. The molecule has 0 aliphatic carbocycles. The standard InChI is InChI=1S/C21H32N2O3/c1-6-22(15-17-12-8-7-11-16(17)2)19(24)18-13-9-10-14-23(18)20(25)26-21(3,4)5/h7-8,11-12,18H,6,9-10,13-15H2,1-5H3. The first kappa shape index (κ1) is 20.3. The van der Waals surface area contributed by atoms with E-state index in [2.05, 4.69) is 19.1 Å². The molecule has 0 aromatic heterocycles. The molecule has 2 amide bonds. The summed E-state index contributed by atoms with van der Waals surface area (Å²) in [5.74, 6) is 0.0151. The number of benzene rings is 1. The molecule has 0 bridgehead atoms. The van der Waals surface area contributed by atoms with Gasteiger partial charge in [0.25, 0.3) is 0 Å². The third-order valence-corrected chi connectivity index (χ3v) is 4.73. The van der Waals surface area contributed by atoms with Crippen LogP contribution in [0.2, 0.25) is 0 Å². The lowest BCUT2D eigenvalue weighted by Crippen LogP contribution is -2.53. The summed E-state index contributed by atoms with van der Waals surface area (Å²) in [5, 5.41) is 0. The molecule has 1 aromatic rings. The quantitative estimate of drug-likeness (QED) is 0.811. The van der Waals surface area contributed by atoms with Crippen molar-refractivity contribution in [3.8, 4) is 0 Å². The van der Waals surface area contributed by atoms with Crippen LogP contribution in [0.15, 0.2) is 24.3 Å². The fourth-order valence-corrected chi connectivity index (χ4v) is 3.28. The van der Waals surface area contributed by atoms with E-state index in [0.29, 0.717) is 26.1 Å². The Labute approximate surface area is 157 Å². The number of likely N-dealkylation sites (tertiary alicyclic amines) is 1. The van der Waals surface area contributed by atoms with Crippen LogP contribution >= 0.6 is 0 Å². The summed E-state index contributed by atoms with van der Waals surface area (Å²) in [6, 6.07) is 7.68. The van der Waals surface area contributed by atoms with Gasteiger partial charge in [-0.05, 0) is 65.0 Å². The molecule has 0 saturated carbocycles. The van der Waals surface area contributed by atoms with Gasteiger partial charge in [0.05, 0.1) is 0 Å². The summed E-state index contributed by atoms with van der Waals surface area (Å²) in [7, 11) is 0. The molecule has 26 heavy (non-hydrogen) atoms. The van der Waals surface area contributed by atoms with Crippen molar-refractivity contribution in [3.63, 3.8) is 0 Å². The zero-order valence-corrected chi connectivity index (χ0v) is 16.7. The number of carbonyl (C=O) groups is 2. The number of ether oxygens (including phenoxy) is 1. The van der Waals surface area contributed by atoms with Gasteiger partial charge >= 0.3 is 6.09 Å². The SMILES string of the molecule is CCN(Cc1ccccc1C)C(=O)C1CCCCN1C(=O)OC(C)(C)C. The van der Waals surface area contributed by atoms with Crippen molar-refractivity contribution in [2.75, 3.05) is 13.1 Å². The molecule has 0 N–H and O–H groups in total. The Balaban J connectivity index is 2.15. The lowest BCUT2D eigenvalue weighted by Gasteiger charge is -2.38. The van der Waals surface area contributed by atoms with Crippen LogP contribution in [0.4, 0.5) is 4.79 Å². The first-order valence-electron chi connectivity index (χ1n) is 9.56. The molecule has 1 aliphatic rings. The van der Waals surface area contributed by atoms with E-state index in [0.717, 1.165) is 18.4 Å². The molecule has 5 nitrogen and oxygen atoms in total. The maximum Gasteiger partial charge on any atom is 0.410 e. The second kappa shape index (κ2) is 8.56. The zero-order chi connectivity index (χ0) is 19.3. The van der Waals surface area contributed by atoms with E-state index < -0.39 is 11.6 Å². The number of carbonyl (C=O) groups excluding carboxylic acids is 2. The van der Waals surface area contributed by atoms with E-state index in [4.69, 9.17) is 4.74 Å². The number of rotatable bonds is 4. The summed E-state index contributed by atoms with van der Waals surface area (Å²) in [5.41, 5.74) is 1.75. The van der Waals surface area contributed by atoms with Crippen molar-refractivity contribution in [2.45, 2.75) is 72.1 Å². The number of piperidine rings is 1. The first-order valence-corrected chi connectivity index (χ1v) is 9.56. The number of amides is 2. The van der Waals surface area contributed by atoms with Crippen molar-refractivity contribution in [1.29, 1.82) is 0 Å². The largest absolute Gasteiger partial charge is 0.444 e. The molecule has 1 aliphatic heterocycles. The number of nitrogens with zero attached hydrogens (tertiary/aromatic N) is 2. The van der Waals surface area contributed by atoms with Crippen molar-refractivity contribution >= 4 is 12.0 Å². The van der Waals surface area contributed by atoms with E-state index in [1.54, 1.807) is 4.90 Å². The Morgan fingerprint density at radius 3 is 2.54 bits per heavy atom. The van der Waals surface area contributed by atoms with Crippen molar-refractivity contribution in [3.05, 3.63) is 35.4 Å². The Hall–Kier alpha value is -2.04. The second-order valence-corrected chi connectivity index (χ2v) is 7.96. The van der Waals surface area contributed by atoms with E-state index >= 15 is 0 Å². The van der Waals surface area contributed by atoms with Gasteiger partial charge in [-0.2, -0.15) is 0 Å². The lowest BCUT2D eigenvalue weighted by molar-refractivity contribution is -0.138. The molecule has 1 fully saturated rings. The Morgan fingerprint density at radius 2 is 1.92 bits per heavy atom. The smallest absolute Gasteiger partial charge is 0.410 e. The van der Waals surface area contributed by atoms with Gasteiger partial charge in [-0.15, -0.1) is 0 Å². The maximum absolute atomic E-state index is 13.2. The van der Waals surface area contributed by atoms with E-state index in [-0.39, 0.29) is 12.0 Å².